The molecule has 0 aromatic carbocycles. The van der Waals surface area contributed by atoms with Crippen LogP contribution < -0.4 is 0 Å². The third-order valence-electron chi connectivity index (χ3n) is 0.876. The van der Waals surface area contributed by atoms with E-state index in [0.29, 0.717) is 0 Å². The summed E-state index contributed by atoms with van der Waals surface area (Å²) in [5.41, 5.74) is 0. The molecular formula is C5H11IOS. The second kappa shape index (κ2) is 8.04. The molecule has 0 aromatic rings. The molecule has 0 bridgehead atoms. The second-order valence-corrected chi connectivity index (χ2v) is 3.03. The van der Waals surface area contributed by atoms with Crippen LogP contribution in [0, 0.1) is 0 Å². The van der Waals surface area contributed by atoms with Gasteiger partial charge in [-0.2, -0.15) is 0 Å². The van der Waals surface area contributed by atoms with Gasteiger partial charge in [0.25, 0.3) is 0 Å². The zero-order chi connectivity index (χ0) is 6.24. The van der Waals surface area contributed by atoms with Crippen molar-refractivity contribution in [2.75, 3.05) is 6.61 Å². The van der Waals surface area contributed by atoms with Gasteiger partial charge in [0, 0.05) is 21.2 Å². The maximum Gasteiger partial charge on any atom is 0.0650 e. The molecule has 0 N–H and O–H groups in total. The van der Waals surface area contributed by atoms with Crippen LogP contribution in [0.4, 0.5) is 0 Å². The summed E-state index contributed by atoms with van der Waals surface area (Å²) in [4.78, 5) is 0. The lowest BCUT2D eigenvalue weighted by molar-refractivity contribution is 0.364. The second-order valence-electron chi connectivity index (χ2n) is 1.59. The van der Waals surface area contributed by atoms with Crippen LogP contribution >= 0.6 is 30.4 Å². The third kappa shape index (κ3) is 7.04. The van der Waals surface area contributed by atoms with Gasteiger partial charge >= 0.3 is 0 Å². The summed E-state index contributed by atoms with van der Waals surface area (Å²) in [6.07, 6.45) is 3.76. The van der Waals surface area contributed by atoms with Crippen molar-refractivity contribution < 1.29 is 4.18 Å². The summed E-state index contributed by atoms with van der Waals surface area (Å²) < 4.78 is 5.04. The molecule has 8 heavy (non-hydrogen) atoms. The Hall–Kier alpha value is 1.04. The fourth-order valence-corrected chi connectivity index (χ4v) is 1.16. The zero-order valence-corrected chi connectivity index (χ0v) is 8.00. The highest BCUT2D eigenvalue weighted by molar-refractivity contribution is 14.2. The van der Waals surface area contributed by atoms with Gasteiger partial charge in [0.1, 0.15) is 0 Å². The van der Waals surface area contributed by atoms with E-state index in [1.165, 1.54) is 28.5 Å². The lowest BCUT2D eigenvalue weighted by atomic mass is 10.3. The van der Waals surface area contributed by atoms with Crippen molar-refractivity contribution in [3.8, 4) is 0 Å². The molecule has 50 valence electrons. The third-order valence-corrected chi connectivity index (χ3v) is 1.89. The molecule has 0 aromatic heterocycles. The van der Waals surface area contributed by atoms with E-state index in [9.17, 15) is 0 Å². The Balaban J connectivity index is 2.53. The van der Waals surface area contributed by atoms with Crippen molar-refractivity contribution in [1.82, 2.24) is 0 Å². The van der Waals surface area contributed by atoms with Crippen LogP contribution in [0.1, 0.15) is 26.2 Å². The summed E-state index contributed by atoms with van der Waals surface area (Å²) in [5.74, 6) is 0. The summed E-state index contributed by atoms with van der Waals surface area (Å²) in [5, 5.41) is 0. The van der Waals surface area contributed by atoms with Gasteiger partial charge < -0.3 is 4.18 Å². The number of halogens is 1. The Kier molecular flexibility index (Phi) is 9.09. The van der Waals surface area contributed by atoms with Crippen molar-refractivity contribution in [2.24, 2.45) is 0 Å². The first-order valence-electron chi connectivity index (χ1n) is 2.82. The van der Waals surface area contributed by atoms with Crippen molar-refractivity contribution in [3.05, 3.63) is 0 Å². The minimum Gasteiger partial charge on any atom is -0.305 e. The summed E-state index contributed by atoms with van der Waals surface area (Å²) in [6, 6.07) is 0. The first-order valence-corrected chi connectivity index (χ1v) is 6.10. The number of rotatable bonds is 5. The monoisotopic (exact) mass is 246 g/mol. The average molecular weight is 246 g/mol. The Labute approximate surface area is 67.4 Å². The SMILES string of the molecule is CCCCCOSI. The molecule has 0 amide bonds. The summed E-state index contributed by atoms with van der Waals surface area (Å²) in [7, 11) is 1.42. The maximum absolute atomic E-state index is 5.04. The highest BCUT2D eigenvalue weighted by Crippen LogP contribution is 2.12. The molecule has 0 atom stereocenters. The van der Waals surface area contributed by atoms with E-state index in [-0.39, 0.29) is 0 Å². The van der Waals surface area contributed by atoms with Gasteiger partial charge in [-0.05, 0) is 6.42 Å². The molecule has 3 heteroatoms. The zero-order valence-electron chi connectivity index (χ0n) is 5.02. The molecule has 0 saturated heterocycles. The quantitative estimate of drug-likeness (QED) is 0.418. The standard InChI is InChI=1S/C5H11IOS/c1-2-3-4-5-7-8-6/h2-5H2,1H3. The molecule has 0 heterocycles. The van der Waals surface area contributed by atoms with Gasteiger partial charge in [-0.25, -0.2) is 0 Å². The van der Waals surface area contributed by atoms with Crippen molar-refractivity contribution in [3.63, 3.8) is 0 Å². The Morgan fingerprint density at radius 3 is 2.75 bits per heavy atom. The minimum atomic E-state index is 0.904. The first kappa shape index (κ1) is 9.04. The molecule has 0 saturated carbocycles. The topological polar surface area (TPSA) is 9.23 Å². The first-order chi connectivity index (χ1) is 3.91. The van der Waals surface area contributed by atoms with E-state index < -0.39 is 0 Å². The Morgan fingerprint density at radius 1 is 1.50 bits per heavy atom. The van der Waals surface area contributed by atoms with Crippen molar-refractivity contribution in [2.45, 2.75) is 26.2 Å². The Morgan fingerprint density at radius 2 is 2.25 bits per heavy atom. The lowest BCUT2D eigenvalue weighted by Crippen LogP contribution is -1.82. The van der Waals surface area contributed by atoms with Crippen LogP contribution in [0.25, 0.3) is 0 Å². The predicted molar refractivity (Wildman–Crippen MR) is 47.1 cm³/mol. The van der Waals surface area contributed by atoms with E-state index in [2.05, 4.69) is 28.1 Å². The largest absolute Gasteiger partial charge is 0.305 e. The molecule has 0 aliphatic rings. The smallest absolute Gasteiger partial charge is 0.0650 e. The highest BCUT2D eigenvalue weighted by Gasteiger charge is 1.84. The highest BCUT2D eigenvalue weighted by atomic mass is 127. The van der Waals surface area contributed by atoms with Gasteiger partial charge in [-0.15, -0.1) is 0 Å². The summed E-state index contributed by atoms with van der Waals surface area (Å²) in [6.45, 7) is 3.10. The van der Waals surface area contributed by atoms with Crippen LogP contribution in [-0.2, 0) is 4.18 Å². The predicted octanol–water partition coefficient (Wildman–Crippen LogP) is 3.19. The molecule has 1 nitrogen and oxygen atoms in total. The van der Waals surface area contributed by atoms with Gasteiger partial charge in [0.2, 0.25) is 0 Å². The van der Waals surface area contributed by atoms with Crippen molar-refractivity contribution >= 4 is 30.4 Å². The van der Waals surface area contributed by atoms with E-state index >= 15 is 0 Å². The van der Waals surface area contributed by atoms with Crippen LogP contribution in [0.15, 0.2) is 0 Å². The molecule has 0 unspecified atom stereocenters. The fourth-order valence-electron chi connectivity index (χ4n) is 0.442. The average Bonchev–Trinajstić information content (AvgIpc) is 1.81. The molecular weight excluding hydrogens is 235 g/mol. The van der Waals surface area contributed by atoms with Crippen molar-refractivity contribution in [1.29, 1.82) is 0 Å². The number of unbranched alkanes of at least 4 members (excludes halogenated alkanes) is 2. The van der Waals surface area contributed by atoms with Crippen LogP contribution in [0.5, 0.6) is 0 Å². The van der Waals surface area contributed by atoms with E-state index in [1.54, 1.807) is 0 Å². The molecule has 0 fully saturated rings. The van der Waals surface area contributed by atoms with E-state index in [1.807, 2.05) is 0 Å². The summed E-state index contributed by atoms with van der Waals surface area (Å²) >= 11 is 2.13. The van der Waals surface area contributed by atoms with Crippen LogP contribution in [-0.4, -0.2) is 6.61 Å². The molecule has 0 radical (unpaired) electrons. The molecule has 0 rings (SSSR count). The van der Waals surface area contributed by atoms with E-state index in [0.717, 1.165) is 6.61 Å². The molecule has 0 aliphatic heterocycles. The van der Waals surface area contributed by atoms with Gasteiger partial charge in [0.05, 0.1) is 15.8 Å². The van der Waals surface area contributed by atoms with E-state index in [4.69, 9.17) is 4.18 Å². The van der Waals surface area contributed by atoms with Crippen LogP contribution in [0.2, 0.25) is 0 Å². The van der Waals surface area contributed by atoms with Crippen LogP contribution in [0.3, 0.4) is 0 Å². The normalized spacial score (nSPS) is 9.75. The Bertz CT molecular complexity index is 37.4. The van der Waals surface area contributed by atoms with Gasteiger partial charge in [-0.1, -0.05) is 19.8 Å². The lowest BCUT2D eigenvalue weighted by Gasteiger charge is -1.94. The number of hydrogen-bond donors (Lipinski definition) is 0. The fraction of sp³-hybridized carbons (Fsp3) is 1.00. The maximum atomic E-state index is 5.04. The minimum absolute atomic E-state index is 0.904. The van der Waals surface area contributed by atoms with Gasteiger partial charge in [0.15, 0.2) is 0 Å². The molecule has 0 spiro atoms. The van der Waals surface area contributed by atoms with Gasteiger partial charge in [-0.3, -0.25) is 0 Å². The number of hydrogen-bond acceptors (Lipinski definition) is 2. The molecule has 0 aliphatic carbocycles.